The molecule has 0 bridgehead atoms. The Bertz CT molecular complexity index is 1250. The zero-order chi connectivity index (χ0) is 22.1. The van der Waals surface area contributed by atoms with Crippen molar-refractivity contribution in [3.8, 4) is 11.3 Å². The first kappa shape index (κ1) is 20.2. The van der Waals surface area contributed by atoms with Gasteiger partial charge in [0.1, 0.15) is 5.69 Å². The molecule has 5 rings (SSSR count). The van der Waals surface area contributed by atoms with E-state index in [9.17, 15) is 4.79 Å². The third kappa shape index (κ3) is 3.71. The van der Waals surface area contributed by atoms with Gasteiger partial charge in [-0.1, -0.05) is 72.3 Å². The highest BCUT2D eigenvalue weighted by atomic mass is 16.2. The van der Waals surface area contributed by atoms with Crippen molar-refractivity contribution in [2.45, 2.75) is 19.9 Å². The maximum Gasteiger partial charge on any atom is 0.253 e. The topological polar surface area (TPSA) is 49.3 Å². The van der Waals surface area contributed by atoms with Crippen LogP contribution in [0.15, 0.2) is 78.9 Å². The highest BCUT2D eigenvalue weighted by Gasteiger charge is 2.29. The first-order valence-electron chi connectivity index (χ1n) is 11.1. The first-order valence-corrected chi connectivity index (χ1v) is 11.1. The molecule has 0 spiro atoms. The zero-order valence-electron chi connectivity index (χ0n) is 18.4. The van der Waals surface area contributed by atoms with Gasteiger partial charge in [0.2, 0.25) is 0 Å². The maximum atomic E-state index is 12.9. The number of fused-ring (bicyclic) bond motifs is 1. The monoisotopic (exact) mass is 422 g/mol. The average Bonchev–Trinajstić information content (AvgIpc) is 2.84. The number of hydrogen-bond acceptors (Lipinski definition) is 4. The molecule has 5 nitrogen and oxygen atoms in total. The summed E-state index contributed by atoms with van der Waals surface area (Å²) in [6.07, 6.45) is 0. The Kier molecular flexibility index (Phi) is 5.31. The van der Waals surface area contributed by atoms with E-state index in [0.717, 1.165) is 40.0 Å². The SMILES string of the molecule is Cc1ccc(-c2nnc(N3CCN(C(=O)c4ccccc4)CC3C)c3ccccc23)cc1. The number of benzene rings is 3. The summed E-state index contributed by atoms with van der Waals surface area (Å²) in [4.78, 5) is 17.1. The number of carbonyl (C=O) groups excluding carboxylic acids is 1. The standard InChI is InChI=1S/C27H26N4O/c1-19-12-14-21(15-13-19)25-23-10-6-7-11-24(23)26(29-28-25)31-17-16-30(18-20(31)2)27(32)22-8-4-3-5-9-22/h3-15,20H,16-18H2,1-2H3. The Morgan fingerprint density at radius 1 is 0.844 bits per heavy atom. The summed E-state index contributed by atoms with van der Waals surface area (Å²) in [7, 11) is 0. The lowest BCUT2D eigenvalue weighted by molar-refractivity contribution is 0.0726. The molecule has 5 heteroatoms. The summed E-state index contributed by atoms with van der Waals surface area (Å²) in [5.74, 6) is 0.971. The van der Waals surface area contributed by atoms with Crippen molar-refractivity contribution in [3.05, 3.63) is 90.0 Å². The number of nitrogens with zero attached hydrogens (tertiary/aromatic N) is 4. The number of carbonyl (C=O) groups is 1. The Morgan fingerprint density at radius 3 is 2.25 bits per heavy atom. The molecule has 1 amide bonds. The van der Waals surface area contributed by atoms with Gasteiger partial charge in [-0.2, -0.15) is 0 Å². The summed E-state index contributed by atoms with van der Waals surface area (Å²) in [5, 5.41) is 11.5. The van der Waals surface area contributed by atoms with Crippen LogP contribution in [0.5, 0.6) is 0 Å². The van der Waals surface area contributed by atoms with Crippen LogP contribution in [0.1, 0.15) is 22.8 Å². The molecule has 32 heavy (non-hydrogen) atoms. The quantitative estimate of drug-likeness (QED) is 0.468. The largest absolute Gasteiger partial charge is 0.348 e. The van der Waals surface area contributed by atoms with Crippen molar-refractivity contribution in [3.63, 3.8) is 0 Å². The van der Waals surface area contributed by atoms with Gasteiger partial charge in [0.25, 0.3) is 5.91 Å². The smallest absolute Gasteiger partial charge is 0.253 e. The minimum atomic E-state index is 0.0859. The van der Waals surface area contributed by atoms with Gasteiger partial charge in [0.05, 0.1) is 0 Å². The van der Waals surface area contributed by atoms with E-state index in [1.165, 1.54) is 5.56 Å². The molecule has 0 radical (unpaired) electrons. The highest BCUT2D eigenvalue weighted by molar-refractivity contribution is 6.00. The lowest BCUT2D eigenvalue weighted by Gasteiger charge is -2.40. The fraction of sp³-hybridized carbons (Fsp3) is 0.222. The molecule has 1 saturated heterocycles. The maximum absolute atomic E-state index is 12.9. The minimum absolute atomic E-state index is 0.0859. The second-order valence-corrected chi connectivity index (χ2v) is 8.44. The van der Waals surface area contributed by atoms with Crippen LogP contribution >= 0.6 is 0 Å². The van der Waals surface area contributed by atoms with Crippen molar-refractivity contribution in [1.82, 2.24) is 15.1 Å². The summed E-state index contributed by atoms with van der Waals surface area (Å²) in [6.45, 7) is 6.27. The molecule has 1 aromatic heterocycles. The van der Waals surface area contributed by atoms with Crippen molar-refractivity contribution < 1.29 is 4.79 Å². The van der Waals surface area contributed by atoms with Crippen LogP contribution < -0.4 is 4.90 Å². The van der Waals surface area contributed by atoms with E-state index >= 15 is 0 Å². The van der Waals surface area contributed by atoms with Crippen LogP contribution in [0.4, 0.5) is 5.82 Å². The van der Waals surface area contributed by atoms with Crippen molar-refractivity contribution in [2.75, 3.05) is 24.5 Å². The molecule has 0 saturated carbocycles. The predicted octanol–water partition coefficient (Wildman–Crippen LogP) is 4.96. The van der Waals surface area contributed by atoms with E-state index < -0.39 is 0 Å². The molecular formula is C27H26N4O. The summed E-state index contributed by atoms with van der Waals surface area (Å²) in [5.41, 5.74) is 3.92. The average molecular weight is 423 g/mol. The Morgan fingerprint density at radius 2 is 1.53 bits per heavy atom. The Balaban J connectivity index is 1.45. The molecule has 1 aliphatic heterocycles. The number of anilines is 1. The summed E-state index contributed by atoms with van der Waals surface area (Å²) >= 11 is 0. The van der Waals surface area contributed by atoms with Gasteiger partial charge in [-0.05, 0) is 26.0 Å². The number of aromatic nitrogens is 2. The van der Waals surface area contributed by atoms with E-state index in [1.54, 1.807) is 0 Å². The predicted molar refractivity (Wildman–Crippen MR) is 129 cm³/mol. The summed E-state index contributed by atoms with van der Waals surface area (Å²) in [6, 6.07) is 26.4. The molecule has 3 aromatic carbocycles. The first-order chi connectivity index (χ1) is 15.6. The van der Waals surface area contributed by atoms with Gasteiger partial charge in [-0.15, -0.1) is 10.2 Å². The van der Waals surface area contributed by atoms with Crippen molar-refractivity contribution >= 4 is 22.5 Å². The van der Waals surface area contributed by atoms with Crippen LogP contribution in [0.25, 0.3) is 22.0 Å². The van der Waals surface area contributed by atoms with Gasteiger partial charge in [-0.25, -0.2) is 0 Å². The third-order valence-corrected chi connectivity index (χ3v) is 6.20. The second kappa shape index (κ2) is 8.42. The van der Waals surface area contributed by atoms with E-state index in [-0.39, 0.29) is 11.9 Å². The van der Waals surface area contributed by atoms with E-state index in [2.05, 4.69) is 65.3 Å². The fourth-order valence-electron chi connectivity index (χ4n) is 4.45. The van der Waals surface area contributed by atoms with E-state index in [0.29, 0.717) is 13.1 Å². The molecule has 1 atom stereocenters. The molecule has 2 heterocycles. The molecular weight excluding hydrogens is 396 g/mol. The van der Waals surface area contributed by atoms with E-state index in [1.807, 2.05) is 47.4 Å². The van der Waals surface area contributed by atoms with Gasteiger partial charge in [0, 0.05) is 47.6 Å². The van der Waals surface area contributed by atoms with Gasteiger partial charge < -0.3 is 9.80 Å². The molecule has 1 aliphatic rings. The molecule has 160 valence electrons. The van der Waals surface area contributed by atoms with E-state index in [4.69, 9.17) is 0 Å². The lowest BCUT2D eigenvalue weighted by atomic mass is 10.0. The minimum Gasteiger partial charge on any atom is -0.348 e. The highest BCUT2D eigenvalue weighted by Crippen LogP contribution is 2.33. The van der Waals surface area contributed by atoms with Crippen LogP contribution in [0, 0.1) is 6.92 Å². The van der Waals surface area contributed by atoms with Crippen molar-refractivity contribution in [2.24, 2.45) is 0 Å². The summed E-state index contributed by atoms with van der Waals surface area (Å²) < 4.78 is 0. The molecule has 0 N–H and O–H groups in total. The fourth-order valence-corrected chi connectivity index (χ4v) is 4.45. The van der Waals surface area contributed by atoms with Crippen LogP contribution in [-0.4, -0.2) is 46.7 Å². The van der Waals surface area contributed by atoms with Gasteiger partial charge in [0.15, 0.2) is 5.82 Å². The Hall–Kier alpha value is -3.73. The molecule has 4 aromatic rings. The number of hydrogen-bond donors (Lipinski definition) is 0. The van der Waals surface area contributed by atoms with Crippen LogP contribution in [0.3, 0.4) is 0 Å². The molecule has 1 fully saturated rings. The zero-order valence-corrected chi connectivity index (χ0v) is 18.4. The normalized spacial score (nSPS) is 16.4. The second-order valence-electron chi connectivity index (χ2n) is 8.44. The molecule has 1 unspecified atom stereocenters. The number of piperazine rings is 1. The Labute approximate surface area is 188 Å². The number of aryl methyl sites for hydroxylation is 1. The number of amides is 1. The van der Waals surface area contributed by atoms with Crippen LogP contribution in [0.2, 0.25) is 0 Å². The number of rotatable bonds is 3. The third-order valence-electron chi connectivity index (χ3n) is 6.20. The van der Waals surface area contributed by atoms with Crippen LogP contribution in [-0.2, 0) is 0 Å². The van der Waals surface area contributed by atoms with Gasteiger partial charge in [-0.3, -0.25) is 4.79 Å². The molecule has 0 aliphatic carbocycles. The lowest BCUT2D eigenvalue weighted by Crippen LogP contribution is -2.54. The van der Waals surface area contributed by atoms with Crippen molar-refractivity contribution in [1.29, 1.82) is 0 Å². The van der Waals surface area contributed by atoms with Gasteiger partial charge >= 0.3 is 0 Å².